The average molecular weight is 354 g/mol. The van der Waals surface area contributed by atoms with E-state index in [0.717, 1.165) is 17.7 Å². The highest BCUT2D eigenvalue weighted by atomic mass is 32.1. The molecule has 3 rings (SSSR count). The van der Waals surface area contributed by atoms with Crippen LogP contribution in [0.15, 0.2) is 53.9 Å². The van der Waals surface area contributed by atoms with E-state index in [1.54, 1.807) is 12.1 Å². The van der Waals surface area contributed by atoms with Gasteiger partial charge in [0.1, 0.15) is 5.75 Å². The van der Waals surface area contributed by atoms with Crippen LogP contribution in [0.1, 0.15) is 24.2 Å². The van der Waals surface area contributed by atoms with Crippen LogP contribution in [0.5, 0.6) is 5.75 Å². The van der Waals surface area contributed by atoms with E-state index in [0.29, 0.717) is 10.7 Å². The number of carbonyl (C=O) groups is 1. The van der Waals surface area contributed by atoms with Crippen molar-refractivity contribution in [2.24, 2.45) is 0 Å². The van der Waals surface area contributed by atoms with Crippen LogP contribution in [0.4, 0.5) is 5.13 Å². The summed E-state index contributed by atoms with van der Waals surface area (Å²) in [4.78, 5) is 16.6. The molecule has 0 radical (unpaired) electrons. The van der Waals surface area contributed by atoms with Crippen LogP contribution < -0.4 is 5.32 Å². The molecule has 0 saturated heterocycles. The third kappa shape index (κ3) is 4.04. The molecule has 0 spiro atoms. The fourth-order valence-corrected chi connectivity index (χ4v) is 3.12. The summed E-state index contributed by atoms with van der Waals surface area (Å²) in [7, 11) is 0. The van der Waals surface area contributed by atoms with Crippen LogP contribution in [-0.4, -0.2) is 21.1 Å². The largest absolute Gasteiger partial charge is 0.508 e. The SMILES string of the molecule is CCc1ccc(-c2csc(NC(=O)C(O)c3cccc(O)c3)n2)cc1. The minimum Gasteiger partial charge on any atom is -0.508 e. The van der Waals surface area contributed by atoms with Crippen molar-refractivity contribution in [1.82, 2.24) is 4.98 Å². The van der Waals surface area contributed by atoms with Gasteiger partial charge in [-0.25, -0.2) is 4.98 Å². The quantitative estimate of drug-likeness (QED) is 0.652. The maximum Gasteiger partial charge on any atom is 0.259 e. The molecule has 0 saturated carbocycles. The van der Waals surface area contributed by atoms with Crippen molar-refractivity contribution in [3.05, 3.63) is 65.0 Å². The molecular formula is C19H18N2O3S. The molecule has 3 aromatic rings. The molecule has 6 heteroatoms. The van der Waals surface area contributed by atoms with Gasteiger partial charge in [0.05, 0.1) is 5.69 Å². The molecule has 25 heavy (non-hydrogen) atoms. The highest BCUT2D eigenvalue weighted by Crippen LogP contribution is 2.26. The zero-order chi connectivity index (χ0) is 17.8. The number of aromatic nitrogens is 1. The van der Waals surface area contributed by atoms with Crippen LogP contribution in [0.25, 0.3) is 11.3 Å². The molecule has 3 N–H and O–H groups in total. The van der Waals surface area contributed by atoms with E-state index in [9.17, 15) is 15.0 Å². The van der Waals surface area contributed by atoms with Gasteiger partial charge in [0, 0.05) is 10.9 Å². The second-order valence-electron chi connectivity index (χ2n) is 5.58. The van der Waals surface area contributed by atoms with Gasteiger partial charge >= 0.3 is 0 Å². The van der Waals surface area contributed by atoms with E-state index in [-0.39, 0.29) is 5.75 Å². The third-order valence-electron chi connectivity index (χ3n) is 3.83. The normalized spacial score (nSPS) is 11.9. The Morgan fingerprint density at radius 2 is 2.00 bits per heavy atom. The zero-order valence-corrected chi connectivity index (χ0v) is 14.5. The minimum absolute atomic E-state index is 0.00332. The second-order valence-corrected chi connectivity index (χ2v) is 6.43. The van der Waals surface area contributed by atoms with Gasteiger partial charge in [0.2, 0.25) is 0 Å². The lowest BCUT2D eigenvalue weighted by molar-refractivity contribution is -0.124. The van der Waals surface area contributed by atoms with Gasteiger partial charge < -0.3 is 10.2 Å². The molecule has 1 unspecified atom stereocenters. The Kier molecular flexibility index (Phi) is 5.11. The number of nitrogens with one attached hydrogen (secondary N) is 1. The Bertz CT molecular complexity index is 874. The molecule has 1 heterocycles. The highest BCUT2D eigenvalue weighted by Gasteiger charge is 2.19. The smallest absolute Gasteiger partial charge is 0.259 e. The first-order valence-electron chi connectivity index (χ1n) is 7.89. The van der Waals surface area contributed by atoms with Crippen molar-refractivity contribution in [3.8, 4) is 17.0 Å². The molecule has 1 aromatic heterocycles. The van der Waals surface area contributed by atoms with Crippen molar-refractivity contribution in [2.45, 2.75) is 19.4 Å². The van der Waals surface area contributed by atoms with E-state index in [2.05, 4.69) is 29.4 Å². The zero-order valence-electron chi connectivity index (χ0n) is 13.6. The first-order valence-corrected chi connectivity index (χ1v) is 8.77. The summed E-state index contributed by atoms with van der Waals surface area (Å²) in [5.41, 5.74) is 3.32. The third-order valence-corrected chi connectivity index (χ3v) is 4.58. The fourth-order valence-electron chi connectivity index (χ4n) is 2.39. The number of anilines is 1. The lowest BCUT2D eigenvalue weighted by Gasteiger charge is -2.10. The van der Waals surface area contributed by atoms with Crippen molar-refractivity contribution < 1.29 is 15.0 Å². The number of phenols is 1. The van der Waals surface area contributed by atoms with E-state index in [1.807, 2.05) is 17.5 Å². The summed E-state index contributed by atoms with van der Waals surface area (Å²) in [5, 5.41) is 24.4. The summed E-state index contributed by atoms with van der Waals surface area (Å²) in [6.45, 7) is 2.10. The number of rotatable bonds is 5. The van der Waals surface area contributed by atoms with Crippen LogP contribution >= 0.6 is 11.3 Å². The molecule has 0 aliphatic heterocycles. The number of phenolic OH excluding ortho intramolecular Hbond substituents is 1. The second kappa shape index (κ2) is 7.46. The Labute approximate surface area is 149 Å². The van der Waals surface area contributed by atoms with E-state index in [4.69, 9.17) is 0 Å². The van der Waals surface area contributed by atoms with Crippen LogP contribution in [0, 0.1) is 0 Å². The number of aliphatic hydroxyl groups excluding tert-OH is 1. The van der Waals surface area contributed by atoms with E-state index < -0.39 is 12.0 Å². The average Bonchev–Trinajstić information content (AvgIpc) is 3.09. The van der Waals surface area contributed by atoms with E-state index in [1.165, 1.54) is 29.0 Å². The van der Waals surface area contributed by atoms with Gasteiger partial charge in [-0.15, -0.1) is 11.3 Å². The number of nitrogens with zero attached hydrogens (tertiary/aromatic N) is 1. The maximum atomic E-state index is 12.2. The highest BCUT2D eigenvalue weighted by molar-refractivity contribution is 7.14. The number of thiazole rings is 1. The molecule has 0 aliphatic rings. The number of amides is 1. The van der Waals surface area contributed by atoms with Gasteiger partial charge in [-0.3, -0.25) is 10.1 Å². The predicted molar refractivity (Wildman–Crippen MR) is 98.6 cm³/mol. The molecule has 2 aromatic carbocycles. The number of carbonyl (C=O) groups excluding carboxylic acids is 1. The van der Waals surface area contributed by atoms with Gasteiger partial charge in [-0.2, -0.15) is 0 Å². The van der Waals surface area contributed by atoms with Gasteiger partial charge in [0.25, 0.3) is 5.91 Å². The first-order chi connectivity index (χ1) is 12.1. The number of hydrogen-bond acceptors (Lipinski definition) is 5. The van der Waals surface area contributed by atoms with Gasteiger partial charge in [-0.1, -0.05) is 43.3 Å². The lowest BCUT2D eigenvalue weighted by atomic mass is 10.1. The number of hydrogen-bond donors (Lipinski definition) is 3. The Morgan fingerprint density at radius 3 is 2.68 bits per heavy atom. The summed E-state index contributed by atoms with van der Waals surface area (Å²) >= 11 is 1.29. The maximum absolute atomic E-state index is 12.2. The van der Waals surface area contributed by atoms with Crippen molar-refractivity contribution >= 4 is 22.4 Å². The molecular weight excluding hydrogens is 336 g/mol. The molecule has 5 nitrogen and oxygen atoms in total. The predicted octanol–water partition coefficient (Wildman–Crippen LogP) is 3.75. The number of aryl methyl sites for hydroxylation is 1. The van der Waals surface area contributed by atoms with Crippen LogP contribution in [0.3, 0.4) is 0 Å². The molecule has 1 amide bonds. The molecule has 128 valence electrons. The first kappa shape index (κ1) is 17.1. The summed E-state index contributed by atoms with van der Waals surface area (Å²) in [6.07, 6.45) is -0.394. The van der Waals surface area contributed by atoms with Crippen LogP contribution in [0.2, 0.25) is 0 Å². The van der Waals surface area contributed by atoms with Crippen LogP contribution in [-0.2, 0) is 11.2 Å². The number of benzene rings is 2. The number of aliphatic hydroxyl groups is 1. The standard InChI is InChI=1S/C19H18N2O3S/c1-2-12-6-8-13(9-7-12)16-11-25-19(20-16)21-18(24)17(23)14-4-3-5-15(22)10-14/h3-11,17,22-23H,2H2,1H3,(H,20,21,24). The van der Waals surface area contributed by atoms with Gasteiger partial charge in [-0.05, 0) is 29.7 Å². The number of aromatic hydroxyl groups is 1. The molecule has 1 atom stereocenters. The van der Waals surface area contributed by atoms with Crippen molar-refractivity contribution in [1.29, 1.82) is 0 Å². The summed E-state index contributed by atoms with van der Waals surface area (Å²) in [5.74, 6) is -0.593. The molecule has 0 bridgehead atoms. The van der Waals surface area contributed by atoms with Gasteiger partial charge in [0.15, 0.2) is 11.2 Å². The monoisotopic (exact) mass is 354 g/mol. The lowest BCUT2D eigenvalue weighted by Crippen LogP contribution is -2.20. The van der Waals surface area contributed by atoms with Crippen molar-refractivity contribution in [3.63, 3.8) is 0 Å². The Hall–Kier alpha value is -2.70. The molecule has 0 fully saturated rings. The van der Waals surface area contributed by atoms with E-state index >= 15 is 0 Å². The Morgan fingerprint density at radius 1 is 1.24 bits per heavy atom. The topological polar surface area (TPSA) is 82.5 Å². The minimum atomic E-state index is -1.37. The fraction of sp³-hybridized carbons (Fsp3) is 0.158. The Balaban J connectivity index is 1.71. The summed E-state index contributed by atoms with van der Waals surface area (Å²) in [6, 6.07) is 14.1. The van der Waals surface area contributed by atoms with Crippen molar-refractivity contribution in [2.75, 3.05) is 5.32 Å². The molecule has 0 aliphatic carbocycles. The summed E-state index contributed by atoms with van der Waals surface area (Å²) < 4.78 is 0.